The first kappa shape index (κ1) is 19.4. The van der Waals surface area contributed by atoms with E-state index < -0.39 is 39.6 Å². The summed E-state index contributed by atoms with van der Waals surface area (Å²) >= 11 is 0. The van der Waals surface area contributed by atoms with Gasteiger partial charge in [0.2, 0.25) is 5.91 Å². The summed E-state index contributed by atoms with van der Waals surface area (Å²) in [6, 6.07) is 6.58. The van der Waals surface area contributed by atoms with Crippen molar-refractivity contribution in [1.82, 2.24) is 10.6 Å². The van der Waals surface area contributed by atoms with Gasteiger partial charge in [0.05, 0.1) is 23.3 Å². The molecule has 1 atom stereocenters. The molecule has 27 heavy (non-hydrogen) atoms. The molecule has 1 unspecified atom stereocenters. The second-order valence-electron chi connectivity index (χ2n) is 6.62. The Morgan fingerprint density at radius 1 is 1.33 bits per heavy atom. The summed E-state index contributed by atoms with van der Waals surface area (Å²) in [7, 11) is -2.63. The number of hydrogen-bond donors (Lipinski definition) is 2. The number of carbonyl (C=O) groups excluding carboxylic acids is 2. The van der Waals surface area contributed by atoms with Gasteiger partial charge in [-0.05, 0) is 54.2 Å². The van der Waals surface area contributed by atoms with Gasteiger partial charge in [0, 0.05) is 4.90 Å². The summed E-state index contributed by atoms with van der Waals surface area (Å²) < 4.78 is 44.7. The highest BCUT2D eigenvalue weighted by atomic mass is 32.3. The van der Waals surface area contributed by atoms with Gasteiger partial charge in [0.25, 0.3) is 0 Å². The van der Waals surface area contributed by atoms with Gasteiger partial charge in [0.15, 0.2) is 0 Å². The zero-order valence-electron chi connectivity index (χ0n) is 14.3. The highest BCUT2D eigenvalue weighted by molar-refractivity contribution is 8.31. The number of carbonyl (C=O) groups is 2. The minimum atomic E-state index is -4.55. The lowest BCUT2D eigenvalue weighted by Crippen LogP contribution is -2.45. The van der Waals surface area contributed by atoms with E-state index in [1.807, 2.05) is 0 Å². The Morgan fingerprint density at radius 2 is 2.04 bits per heavy atom. The molecule has 6 nitrogen and oxygen atoms in total. The predicted molar refractivity (Wildman–Crippen MR) is 91.6 cm³/mol. The predicted octanol–water partition coefficient (Wildman–Crippen LogP) is 3.43. The van der Waals surface area contributed by atoms with Crippen molar-refractivity contribution in [3.63, 3.8) is 0 Å². The molecule has 146 valence electrons. The molecule has 1 heterocycles. The zero-order valence-corrected chi connectivity index (χ0v) is 15.1. The third kappa shape index (κ3) is 3.98. The maximum Gasteiger partial charge on any atom is 0.419 e. The number of nitriles is 1. The lowest BCUT2D eigenvalue weighted by atomic mass is 10.0. The molecule has 3 rings (SSSR count). The molecule has 1 aromatic carbocycles. The SMILES string of the molecule is N#CC1(NC(=O)OS2(c3cccc(C(F)(F)F)c3)CNC(=O)C2)CCCC1. The third-order valence-electron chi connectivity index (χ3n) is 4.71. The fourth-order valence-corrected chi connectivity index (χ4v) is 5.86. The summed E-state index contributed by atoms with van der Waals surface area (Å²) in [6.07, 6.45) is -2.88. The van der Waals surface area contributed by atoms with Crippen LogP contribution in [0.25, 0.3) is 0 Å². The molecule has 2 N–H and O–H groups in total. The Labute approximate surface area is 155 Å². The van der Waals surface area contributed by atoms with Gasteiger partial charge in [-0.1, -0.05) is 6.07 Å². The summed E-state index contributed by atoms with van der Waals surface area (Å²) in [5.74, 6) is -0.660. The largest absolute Gasteiger partial charge is 0.419 e. The molecular weight excluding hydrogens is 383 g/mol. The standard InChI is InChI=1S/C17H18F3N3O3S/c18-17(19,20)12-4-3-5-13(8-12)27(9-14(24)22-11-27)26-15(25)23-16(10-21)6-1-2-7-16/h3-5,8H,1-2,6-7,9,11H2,(H,22,24)(H,23,25). The van der Waals surface area contributed by atoms with E-state index in [9.17, 15) is 28.0 Å². The average Bonchev–Trinajstić information content (AvgIpc) is 3.22. The highest BCUT2D eigenvalue weighted by Gasteiger charge is 2.43. The van der Waals surface area contributed by atoms with Crippen molar-refractivity contribution in [1.29, 1.82) is 5.26 Å². The summed E-state index contributed by atoms with van der Waals surface area (Å²) in [4.78, 5) is 24.4. The Hall–Kier alpha value is -2.41. The molecule has 10 heteroatoms. The van der Waals surface area contributed by atoms with Crippen LogP contribution in [0.5, 0.6) is 0 Å². The fraction of sp³-hybridized carbons (Fsp3) is 0.471. The number of halogens is 3. The first-order valence-electron chi connectivity index (χ1n) is 8.34. The van der Waals surface area contributed by atoms with E-state index >= 15 is 0 Å². The normalized spacial score (nSPS) is 26.5. The second-order valence-corrected chi connectivity index (χ2v) is 9.46. The molecule has 2 amide bonds. The maximum atomic E-state index is 13.1. The number of amides is 2. The lowest BCUT2D eigenvalue weighted by molar-refractivity contribution is -0.137. The topological polar surface area (TPSA) is 91.2 Å². The molecule has 1 aliphatic carbocycles. The Bertz CT molecular complexity index is 803. The van der Waals surface area contributed by atoms with Crippen LogP contribution in [0.3, 0.4) is 0 Å². The van der Waals surface area contributed by atoms with Gasteiger partial charge in [0.1, 0.15) is 5.54 Å². The van der Waals surface area contributed by atoms with Crippen LogP contribution in [0, 0.1) is 11.3 Å². The fourth-order valence-electron chi connectivity index (χ4n) is 3.29. The van der Waals surface area contributed by atoms with Crippen LogP contribution in [0.4, 0.5) is 18.0 Å². The molecule has 1 saturated heterocycles. The number of alkyl halides is 3. The molecule has 0 aromatic heterocycles. The van der Waals surface area contributed by atoms with Crippen LogP contribution < -0.4 is 10.6 Å². The van der Waals surface area contributed by atoms with E-state index in [1.54, 1.807) is 0 Å². The highest BCUT2D eigenvalue weighted by Crippen LogP contribution is 2.58. The van der Waals surface area contributed by atoms with Crippen LogP contribution in [0.2, 0.25) is 0 Å². The molecule has 2 aliphatic rings. The number of benzene rings is 1. The molecule has 2 fully saturated rings. The van der Waals surface area contributed by atoms with Gasteiger partial charge >= 0.3 is 12.3 Å². The van der Waals surface area contributed by atoms with Crippen molar-refractivity contribution < 1.29 is 26.9 Å². The van der Waals surface area contributed by atoms with Gasteiger partial charge in [-0.2, -0.15) is 18.4 Å². The van der Waals surface area contributed by atoms with Crippen LogP contribution in [0.15, 0.2) is 29.2 Å². The van der Waals surface area contributed by atoms with Gasteiger partial charge in [-0.25, -0.2) is 4.79 Å². The third-order valence-corrected chi connectivity index (χ3v) is 7.63. The number of nitrogens with one attached hydrogen (secondary N) is 2. The Kier molecular flexibility index (Phi) is 4.99. The van der Waals surface area contributed by atoms with Crippen LogP contribution >= 0.6 is 10.3 Å². The van der Waals surface area contributed by atoms with Crippen molar-refractivity contribution in [2.24, 2.45) is 0 Å². The van der Waals surface area contributed by atoms with Crippen molar-refractivity contribution in [2.75, 3.05) is 11.6 Å². The van der Waals surface area contributed by atoms with E-state index in [2.05, 4.69) is 16.7 Å². The minimum Gasteiger partial charge on any atom is -0.392 e. The number of rotatable bonds is 3. The van der Waals surface area contributed by atoms with E-state index in [0.29, 0.717) is 12.8 Å². The van der Waals surface area contributed by atoms with Gasteiger partial charge in [-0.15, -0.1) is 0 Å². The quantitative estimate of drug-likeness (QED) is 0.812. The number of hydrogen-bond acceptors (Lipinski definition) is 4. The molecule has 1 saturated carbocycles. The van der Waals surface area contributed by atoms with E-state index in [1.165, 1.54) is 12.1 Å². The summed E-state index contributed by atoms with van der Waals surface area (Å²) in [5, 5.41) is 14.5. The first-order valence-corrected chi connectivity index (χ1v) is 10.2. The van der Waals surface area contributed by atoms with E-state index in [4.69, 9.17) is 4.18 Å². The molecule has 0 radical (unpaired) electrons. The summed E-state index contributed by atoms with van der Waals surface area (Å²) in [6.45, 7) is 0. The van der Waals surface area contributed by atoms with E-state index in [0.717, 1.165) is 25.0 Å². The minimum absolute atomic E-state index is 0.0554. The van der Waals surface area contributed by atoms with Gasteiger partial charge in [-0.3, -0.25) is 4.79 Å². The van der Waals surface area contributed by atoms with Crippen molar-refractivity contribution in [2.45, 2.75) is 42.3 Å². The first-order chi connectivity index (χ1) is 12.7. The van der Waals surface area contributed by atoms with Crippen molar-refractivity contribution in [3.05, 3.63) is 29.8 Å². The zero-order chi connectivity index (χ0) is 19.7. The number of nitrogens with zero attached hydrogens (tertiary/aromatic N) is 1. The molecule has 1 aliphatic heterocycles. The maximum absolute atomic E-state index is 13.1. The lowest BCUT2D eigenvalue weighted by Gasteiger charge is -2.34. The Morgan fingerprint density at radius 3 is 2.59 bits per heavy atom. The van der Waals surface area contributed by atoms with Crippen LogP contribution in [-0.2, 0) is 15.2 Å². The van der Waals surface area contributed by atoms with Crippen LogP contribution in [0.1, 0.15) is 31.2 Å². The molecular formula is C17H18F3N3O3S. The summed E-state index contributed by atoms with van der Waals surface area (Å²) in [5.41, 5.74) is -1.90. The molecule has 1 aromatic rings. The monoisotopic (exact) mass is 401 g/mol. The smallest absolute Gasteiger partial charge is 0.392 e. The molecule has 0 bridgehead atoms. The van der Waals surface area contributed by atoms with Crippen LogP contribution in [-0.4, -0.2) is 29.2 Å². The average molecular weight is 401 g/mol. The van der Waals surface area contributed by atoms with Crippen molar-refractivity contribution in [3.8, 4) is 6.07 Å². The van der Waals surface area contributed by atoms with E-state index in [-0.39, 0.29) is 16.5 Å². The Balaban J connectivity index is 1.87. The van der Waals surface area contributed by atoms with Gasteiger partial charge < -0.3 is 14.8 Å². The van der Waals surface area contributed by atoms with Crippen molar-refractivity contribution >= 4 is 22.3 Å². The molecule has 0 spiro atoms. The second kappa shape index (κ2) is 6.96.